The van der Waals surface area contributed by atoms with Gasteiger partial charge in [-0.2, -0.15) is 0 Å². The number of benzene rings is 1. The number of ether oxygens (including phenoxy) is 2. The third kappa shape index (κ3) is 5.21. The summed E-state index contributed by atoms with van der Waals surface area (Å²) in [5.41, 5.74) is 0.641. The van der Waals surface area contributed by atoms with Crippen LogP contribution in [0.15, 0.2) is 24.3 Å². The van der Waals surface area contributed by atoms with E-state index in [-0.39, 0.29) is 0 Å². The molecule has 4 nitrogen and oxygen atoms in total. The zero-order valence-electron chi connectivity index (χ0n) is 10.1. The molecule has 0 heterocycles. The monoisotopic (exact) mass is 270 g/mol. The number of methoxy groups -OCH3 is 1. The van der Waals surface area contributed by atoms with Gasteiger partial charge in [0, 0.05) is 36.8 Å². The van der Waals surface area contributed by atoms with Crippen LogP contribution in [-0.4, -0.2) is 31.4 Å². The highest BCUT2D eigenvalue weighted by molar-refractivity contribution is 6.30. The molecule has 0 fully saturated rings. The van der Waals surface area contributed by atoms with Crippen molar-refractivity contribution in [2.24, 2.45) is 0 Å². The molecule has 1 rings (SSSR count). The summed E-state index contributed by atoms with van der Waals surface area (Å²) in [6, 6.07) is 5.08. The van der Waals surface area contributed by atoms with Crippen molar-refractivity contribution in [1.29, 1.82) is 0 Å². The molecule has 0 spiro atoms. The summed E-state index contributed by atoms with van der Waals surface area (Å²) in [6.07, 6.45) is 3.27. The average molecular weight is 271 g/mol. The summed E-state index contributed by atoms with van der Waals surface area (Å²) >= 11 is 5.86. The summed E-state index contributed by atoms with van der Waals surface area (Å²) in [5.74, 6) is -0.409. The van der Waals surface area contributed by atoms with Gasteiger partial charge in [-0.25, -0.2) is 4.79 Å². The second kappa shape index (κ2) is 7.74. The molecule has 5 heteroatoms. The van der Waals surface area contributed by atoms with E-state index < -0.39 is 5.97 Å². The lowest BCUT2D eigenvalue weighted by molar-refractivity contribution is -0.131. The van der Waals surface area contributed by atoms with Gasteiger partial charge in [-0.3, -0.25) is 0 Å². The van der Waals surface area contributed by atoms with Gasteiger partial charge >= 0.3 is 5.97 Å². The molecule has 0 aliphatic carbocycles. The summed E-state index contributed by atoms with van der Waals surface area (Å²) in [6.45, 7) is 1.12. The Balaban J connectivity index is 2.73. The van der Waals surface area contributed by atoms with Crippen molar-refractivity contribution >= 4 is 23.6 Å². The minimum absolute atomic E-state index is 0.503. The third-order valence-electron chi connectivity index (χ3n) is 2.13. The maximum atomic E-state index is 10.5. The van der Waals surface area contributed by atoms with Crippen LogP contribution >= 0.6 is 11.6 Å². The fourth-order valence-corrected chi connectivity index (χ4v) is 1.51. The van der Waals surface area contributed by atoms with Gasteiger partial charge in [-0.05, 0) is 24.3 Å². The Kier molecular flexibility index (Phi) is 6.25. The normalized spacial score (nSPS) is 10.8. The van der Waals surface area contributed by atoms with Gasteiger partial charge in [-0.1, -0.05) is 11.6 Å². The lowest BCUT2D eigenvalue weighted by Gasteiger charge is -2.09. The van der Waals surface area contributed by atoms with Crippen LogP contribution in [0.1, 0.15) is 12.0 Å². The van der Waals surface area contributed by atoms with E-state index >= 15 is 0 Å². The van der Waals surface area contributed by atoms with Crippen LogP contribution in [0.25, 0.3) is 6.08 Å². The minimum atomic E-state index is -1.01. The van der Waals surface area contributed by atoms with E-state index in [4.69, 9.17) is 26.2 Å². The van der Waals surface area contributed by atoms with Gasteiger partial charge in [0.25, 0.3) is 0 Å². The molecular formula is C13H15ClO4. The first kappa shape index (κ1) is 14.5. The zero-order valence-corrected chi connectivity index (χ0v) is 10.8. The van der Waals surface area contributed by atoms with Gasteiger partial charge in [0.1, 0.15) is 5.75 Å². The molecule has 1 N–H and O–H groups in total. The number of aliphatic carboxylic acids is 1. The van der Waals surface area contributed by atoms with Gasteiger partial charge < -0.3 is 14.6 Å². The van der Waals surface area contributed by atoms with E-state index in [0.717, 1.165) is 12.5 Å². The Labute approximate surface area is 111 Å². The van der Waals surface area contributed by atoms with Crippen molar-refractivity contribution in [2.75, 3.05) is 20.3 Å². The van der Waals surface area contributed by atoms with E-state index in [1.807, 2.05) is 0 Å². The number of carbonyl (C=O) groups is 1. The largest absolute Gasteiger partial charge is 0.493 e. The fourth-order valence-electron chi connectivity index (χ4n) is 1.33. The zero-order chi connectivity index (χ0) is 13.4. The van der Waals surface area contributed by atoms with Crippen molar-refractivity contribution in [3.05, 3.63) is 34.9 Å². The summed E-state index contributed by atoms with van der Waals surface area (Å²) in [5, 5.41) is 9.14. The second-order valence-electron chi connectivity index (χ2n) is 3.55. The van der Waals surface area contributed by atoms with E-state index in [2.05, 4.69) is 0 Å². The van der Waals surface area contributed by atoms with Crippen LogP contribution in [0.4, 0.5) is 0 Å². The van der Waals surface area contributed by atoms with E-state index in [1.165, 1.54) is 6.08 Å². The topological polar surface area (TPSA) is 55.8 Å². The van der Waals surface area contributed by atoms with Crippen LogP contribution in [0, 0.1) is 0 Å². The van der Waals surface area contributed by atoms with Crippen molar-refractivity contribution in [1.82, 2.24) is 0 Å². The molecule has 0 amide bonds. The number of carboxylic acid groups (broad SMARTS) is 1. The predicted molar refractivity (Wildman–Crippen MR) is 70.1 cm³/mol. The Morgan fingerprint density at radius 2 is 2.22 bits per heavy atom. The molecule has 0 saturated carbocycles. The molecule has 1 aromatic carbocycles. The van der Waals surface area contributed by atoms with Crippen molar-refractivity contribution in [3.8, 4) is 5.75 Å². The first-order valence-electron chi connectivity index (χ1n) is 5.46. The highest BCUT2D eigenvalue weighted by Gasteiger charge is 2.02. The molecule has 0 aromatic heterocycles. The molecule has 0 bridgehead atoms. The summed E-state index contributed by atoms with van der Waals surface area (Å²) in [7, 11) is 1.63. The van der Waals surface area contributed by atoms with Gasteiger partial charge in [0.15, 0.2) is 0 Å². The molecule has 98 valence electrons. The van der Waals surface area contributed by atoms with Crippen molar-refractivity contribution < 1.29 is 19.4 Å². The van der Waals surface area contributed by atoms with Gasteiger partial charge in [-0.15, -0.1) is 0 Å². The molecule has 18 heavy (non-hydrogen) atoms. The van der Waals surface area contributed by atoms with E-state index in [0.29, 0.717) is 29.5 Å². The lowest BCUT2D eigenvalue weighted by Crippen LogP contribution is -2.02. The molecule has 0 atom stereocenters. The first-order valence-corrected chi connectivity index (χ1v) is 5.83. The molecular weight excluding hydrogens is 256 g/mol. The number of halogens is 1. The Morgan fingerprint density at radius 1 is 1.44 bits per heavy atom. The van der Waals surface area contributed by atoms with Gasteiger partial charge in [0.2, 0.25) is 0 Å². The average Bonchev–Trinajstić information content (AvgIpc) is 2.34. The number of hydrogen-bond acceptors (Lipinski definition) is 3. The molecule has 0 radical (unpaired) electrons. The molecule has 0 aliphatic rings. The molecule has 0 unspecified atom stereocenters. The van der Waals surface area contributed by atoms with Crippen molar-refractivity contribution in [3.63, 3.8) is 0 Å². The lowest BCUT2D eigenvalue weighted by atomic mass is 10.2. The molecule has 0 aliphatic heterocycles. The van der Waals surface area contributed by atoms with Crippen molar-refractivity contribution in [2.45, 2.75) is 6.42 Å². The third-order valence-corrected chi connectivity index (χ3v) is 2.36. The predicted octanol–water partition coefficient (Wildman–Crippen LogP) is 2.85. The maximum Gasteiger partial charge on any atom is 0.328 e. The van der Waals surface area contributed by atoms with Crippen LogP contribution in [-0.2, 0) is 9.53 Å². The van der Waals surface area contributed by atoms with Gasteiger partial charge in [0.05, 0.1) is 6.61 Å². The Bertz CT molecular complexity index is 429. The van der Waals surface area contributed by atoms with Crippen LogP contribution in [0.3, 0.4) is 0 Å². The Morgan fingerprint density at radius 3 is 2.89 bits per heavy atom. The minimum Gasteiger partial charge on any atom is -0.493 e. The highest BCUT2D eigenvalue weighted by Crippen LogP contribution is 2.24. The smallest absolute Gasteiger partial charge is 0.328 e. The quantitative estimate of drug-likeness (QED) is 0.611. The maximum absolute atomic E-state index is 10.5. The van der Waals surface area contributed by atoms with E-state index in [1.54, 1.807) is 25.3 Å². The Hall–Kier alpha value is -1.52. The van der Waals surface area contributed by atoms with E-state index in [9.17, 15) is 4.79 Å². The SMILES string of the molecule is COCCCOc1ccc(Cl)cc1/C=C/C(=O)O. The molecule has 0 saturated heterocycles. The molecule has 1 aromatic rings. The fraction of sp³-hybridized carbons (Fsp3) is 0.308. The van der Waals surface area contributed by atoms with Crippen LogP contribution in [0.5, 0.6) is 5.75 Å². The highest BCUT2D eigenvalue weighted by atomic mass is 35.5. The first-order chi connectivity index (χ1) is 8.63. The number of carboxylic acids is 1. The summed E-state index contributed by atoms with van der Waals surface area (Å²) < 4.78 is 10.5. The van der Waals surface area contributed by atoms with Crippen LogP contribution in [0.2, 0.25) is 5.02 Å². The number of hydrogen-bond donors (Lipinski definition) is 1. The second-order valence-corrected chi connectivity index (χ2v) is 3.98. The summed E-state index contributed by atoms with van der Waals surface area (Å²) in [4.78, 5) is 10.5. The standard InChI is InChI=1S/C13H15ClO4/c1-17-7-2-8-18-12-5-4-11(14)9-10(12)3-6-13(15)16/h3-6,9H,2,7-8H2,1H3,(H,15,16)/b6-3+. The van der Waals surface area contributed by atoms with Crippen LogP contribution < -0.4 is 4.74 Å². The number of rotatable bonds is 7.